The summed E-state index contributed by atoms with van der Waals surface area (Å²) in [4.78, 5) is 15.1. The maximum atomic E-state index is 11.1. The van der Waals surface area contributed by atoms with E-state index in [2.05, 4.69) is 10.3 Å². The summed E-state index contributed by atoms with van der Waals surface area (Å²) in [5, 5.41) is 2.70. The van der Waals surface area contributed by atoms with Crippen molar-refractivity contribution in [3.05, 3.63) is 24.4 Å². The van der Waals surface area contributed by atoms with Crippen molar-refractivity contribution < 1.29 is 9.53 Å². The summed E-state index contributed by atoms with van der Waals surface area (Å²) >= 11 is 0. The lowest BCUT2D eigenvalue weighted by Gasteiger charge is -2.08. The van der Waals surface area contributed by atoms with Gasteiger partial charge < -0.3 is 10.1 Å². The first-order valence-corrected chi connectivity index (χ1v) is 4.21. The molecule has 1 amide bonds. The summed E-state index contributed by atoms with van der Waals surface area (Å²) in [5.74, 6) is 0.454. The van der Waals surface area contributed by atoms with Crippen LogP contribution in [0.3, 0.4) is 0 Å². The summed E-state index contributed by atoms with van der Waals surface area (Å²) in [6, 6.07) is 5.38. The maximum Gasteiger partial charge on any atom is 0.261 e. The minimum absolute atomic E-state index is 0.0503. The van der Waals surface area contributed by atoms with Crippen LogP contribution in [0.15, 0.2) is 24.4 Å². The Morgan fingerprint density at radius 2 is 2.46 bits per heavy atom. The highest BCUT2D eigenvalue weighted by Gasteiger charge is 2.25. The predicted octanol–water partition coefficient (Wildman–Crippen LogP) is 0.349. The normalized spacial score (nSPS) is 21.2. The molecule has 1 fully saturated rings. The monoisotopic (exact) mass is 178 g/mol. The Kier molecular flexibility index (Phi) is 2.12. The highest BCUT2D eigenvalue weighted by molar-refractivity contribution is 5.83. The number of ether oxygens (including phenoxy) is 1. The first kappa shape index (κ1) is 8.04. The quantitative estimate of drug-likeness (QED) is 0.710. The van der Waals surface area contributed by atoms with Gasteiger partial charge in [-0.1, -0.05) is 6.07 Å². The van der Waals surface area contributed by atoms with Crippen LogP contribution in [-0.4, -0.2) is 23.5 Å². The van der Waals surface area contributed by atoms with Gasteiger partial charge in [0.05, 0.1) is 0 Å². The van der Waals surface area contributed by atoms with Crippen molar-refractivity contribution >= 4 is 5.91 Å². The highest BCUT2D eigenvalue weighted by atomic mass is 16.5. The van der Waals surface area contributed by atoms with Gasteiger partial charge in [0.25, 0.3) is 5.91 Å². The van der Waals surface area contributed by atoms with Crippen LogP contribution in [0.1, 0.15) is 6.42 Å². The van der Waals surface area contributed by atoms with E-state index in [1.165, 1.54) is 0 Å². The van der Waals surface area contributed by atoms with Crippen molar-refractivity contribution in [2.75, 3.05) is 6.54 Å². The van der Waals surface area contributed by atoms with Crippen molar-refractivity contribution in [2.45, 2.75) is 12.5 Å². The first-order valence-electron chi connectivity index (χ1n) is 4.21. The SMILES string of the molecule is O=C1NCCC1Oc1ccccn1. The van der Waals surface area contributed by atoms with Gasteiger partial charge in [-0.3, -0.25) is 4.79 Å². The van der Waals surface area contributed by atoms with E-state index in [0.717, 1.165) is 6.42 Å². The molecule has 1 unspecified atom stereocenters. The van der Waals surface area contributed by atoms with E-state index in [-0.39, 0.29) is 12.0 Å². The van der Waals surface area contributed by atoms with E-state index in [4.69, 9.17) is 4.74 Å². The van der Waals surface area contributed by atoms with Gasteiger partial charge in [-0.2, -0.15) is 0 Å². The number of hydrogen-bond donors (Lipinski definition) is 1. The number of aromatic nitrogens is 1. The van der Waals surface area contributed by atoms with Gasteiger partial charge in [0.1, 0.15) is 0 Å². The van der Waals surface area contributed by atoms with Crippen LogP contribution in [0.2, 0.25) is 0 Å². The van der Waals surface area contributed by atoms with Gasteiger partial charge in [0.15, 0.2) is 6.10 Å². The Labute approximate surface area is 75.9 Å². The minimum Gasteiger partial charge on any atom is -0.464 e. The molecule has 0 bridgehead atoms. The second-order valence-corrected chi connectivity index (χ2v) is 2.85. The van der Waals surface area contributed by atoms with Gasteiger partial charge in [-0.05, 0) is 6.07 Å². The summed E-state index contributed by atoms with van der Waals surface area (Å²) in [6.45, 7) is 0.691. The predicted molar refractivity (Wildman–Crippen MR) is 46.3 cm³/mol. The molecular formula is C9H10N2O2. The molecule has 2 heterocycles. The Bertz CT molecular complexity index is 300. The van der Waals surface area contributed by atoms with E-state index < -0.39 is 0 Å². The summed E-state index contributed by atoms with van der Waals surface area (Å²) in [6.07, 6.45) is 1.99. The number of carbonyl (C=O) groups excluding carboxylic acids is 1. The van der Waals surface area contributed by atoms with Crippen molar-refractivity contribution in [3.63, 3.8) is 0 Å². The van der Waals surface area contributed by atoms with Crippen molar-refractivity contribution in [3.8, 4) is 5.88 Å². The van der Waals surface area contributed by atoms with E-state index in [0.29, 0.717) is 12.4 Å². The minimum atomic E-state index is -0.366. The number of amides is 1. The molecule has 1 aromatic rings. The fourth-order valence-electron chi connectivity index (χ4n) is 1.25. The van der Waals surface area contributed by atoms with E-state index in [1.807, 2.05) is 12.1 Å². The summed E-state index contributed by atoms with van der Waals surface area (Å²) in [7, 11) is 0. The second kappa shape index (κ2) is 3.43. The van der Waals surface area contributed by atoms with Crippen LogP contribution in [0.5, 0.6) is 5.88 Å². The molecule has 1 N–H and O–H groups in total. The second-order valence-electron chi connectivity index (χ2n) is 2.85. The lowest BCUT2D eigenvalue weighted by Crippen LogP contribution is -2.27. The van der Waals surface area contributed by atoms with Gasteiger partial charge in [-0.15, -0.1) is 0 Å². The largest absolute Gasteiger partial charge is 0.464 e. The van der Waals surface area contributed by atoms with Gasteiger partial charge >= 0.3 is 0 Å². The number of carbonyl (C=O) groups is 1. The molecule has 0 aliphatic carbocycles. The molecule has 13 heavy (non-hydrogen) atoms. The molecule has 68 valence electrons. The Balaban J connectivity index is 2.02. The fraction of sp³-hybridized carbons (Fsp3) is 0.333. The Morgan fingerprint density at radius 3 is 3.08 bits per heavy atom. The van der Waals surface area contributed by atoms with Gasteiger partial charge in [-0.25, -0.2) is 4.98 Å². The molecule has 0 saturated carbocycles. The first-order chi connectivity index (χ1) is 6.36. The van der Waals surface area contributed by atoms with E-state index >= 15 is 0 Å². The molecule has 1 aliphatic heterocycles. The van der Waals surface area contributed by atoms with E-state index in [9.17, 15) is 4.79 Å². The van der Waals surface area contributed by atoms with Crippen LogP contribution in [-0.2, 0) is 4.79 Å². The van der Waals surface area contributed by atoms with Gasteiger partial charge in [0.2, 0.25) is 5.88 Å². The third-order valence-corrected chi connectivity index (χ3v) is 1.90. The third kappa shape index (κ3) is 1.77. The smallest absolute Gasteiger partial charge is 0.261 e. The van der Waals surface area contributed by atoms with Crippen LogP contribution in [0.4, 0.5) is 0 Å². The third-order valence-electron chi connectivity index (χ3n) is 1.90. The molecule has 1 aliphatic rings. The molecule has 0 spiro atoms. The molecule has 1 atom stereocenters. The van der Waals surface area contributed by atoms with Crippen molar-refractivity contribution in [1.29, 1.82) is 0 Å². The number of nitrogens with zero attached hydrogens (tertiary/aromatic N) is 1. The van der Waals surface area contributed by atoms with Gasteiger partial charge in [0, 0.05) is 25.2 Å². The summed E-state index contributed by atoms with van der Waals surface area (Å²) < 4.78 is 5.36. The maximum absolute atomic E-state index is 11.1. The molecule has 2 rings (SSSR count). The molecule has 0 aromatic carbocycles. The Morgan fingerprint density at radius 1 is 1.54 bits per heavy atom. The average molecular weight is 178 g/mol. The fourth-order valence-corrected chi connectivity index (χ4v) is 1.25. The van der Waals surface area contributed by atoms with E-state index in [1.54, 1.807) is 12.3 Å². The molecule has 1 aromatic heterocycles. The van der Waals surface area contributed by atoms with Crippen LogP contribution < -0.4 is 10.1 Å². The summed E-state index contributed by atoms with van der Waals surface area (Å²) in [5.41, 5.74) is 0. The molecular weight excluding hydrogens is 168 g/mol. The molecule has 4 nitrogen and oxygen atoms in total. The van der Waals surface area contributed by atoms with Crippen molar-refractivity contribution in [2.24, 2.45) is 0 Å². The molecule has 4 heteroatoms. The van der Waals surface area contributed by atoms with Crippen LogP contribution in [0, 0.1) is 0 Å². The number of nitrogens with one attached hydrogen (secondary N) is 1. The topological polar surface area (TPSA) is 51.2 Å². The molecule has 0 radical (unpaired) electrons. The zero-order valence-corrected chi connectivity index (χ0v) is 7.06. The zero-order chi connectivity index (χ0) is 9.10. The Hall–Kier alpha value is -1.58. The van der Waals surface area contributed by atoms with Crippen LogP contribution >= 0.6 is 0 Å². The van der Waals surface area contributed by atoms with Crippen LogP contribution in [0.25, 0.3) is 0 Å². The van der Waals surface area contributed by atoms with Crippen molar-refractivity contribution in [1.82, 2.24) is 10.3 Å². The number of rotatable bonds is 2. The number of pyridine rings is 1. The standard InChI is InChI=1S/C9H10N2O2/c12-9-7(4-6-11-9)13-8-3-1-2-5-10-8/h1-3,5,7H,4,6H2,(H,11,12). The zero-order valence-electron chi connectivity index (χ0n) is 7.06. The average Bonchev–Trinajstić information content (AvgIpc) is 2.54. The lowest BCUT2D eigenvalue weighted by atomic mass is 10.3. The highest BCUT2D eigenvalue weighted by Crippen LogP contribution is 2.11. The lowest BCUT2D eigenvalue weighted by molar-refractivity contribution is -0.125. The molecule has 1 saturated heterocycles. The number of hydrogen-bond acceptors (Lipinski definition) is 3.